The fourth-order valence-corrected chi connectivity index (χ4v) is 3.77. The molecule has 1 N–H and O–H groups in total. The first-order valence-electron chi connectivity index (χ1n) is 6.15. The van der Waals surface area contributed by atoms with Crippen LogP contribution in [0.3, 0.4) is 0 Å². The SMILES string of the molecule is O=C(O)CS[C@H]1CCCC[C@@H]1c1ccccc1. The maximum absolute atomic E-state index is 10.7. The first-order valence-corrected chi connectivity index (χ1v) is 7.20. The molecule has 0 spiro atoms. The molecule has 92 valence electrons. The molecule has 0 aromatic heterocycles. The van der Waals surface area contributed by atoms with Crippen molar-refractivity contribution in [2.24, 2.45) is 0 Å². The molecular weight excluding hydrogens is 232 g/mol. The third kappa shape index (κ3) is 3.50. The lowest BCUT2D eigenvalue weighted by molar-refractivity contribution is -0.133. The highest BCUT2D eigenvalue weighted by Crippen LogP contribution is 2.39. The molecule has 1 aliphatic rings. The average Bonchev–Trinajstić information content (AvgIpc) is 2.38. The molecule has 0 heterocycles. The van der Waals surface area contributed by atoms with Gasteiger partial charge in [0.25, 0.3) is 0 Å². The van der Waals surface area contributed by atoms with Gasteiger partial charge in [0.2, 0.25) is 0 Å². The molecule has 2 atom stereocenters. The largest absolute Gasteiger partial charge is 0.481 e. The number of hydrogen-bond acceptors (Lipinski definition) is 2. The van der Waals surface area contributed by atoms with E-state index in [0.717, 1.165) is 6.42 Å². The molecule has 1 saturated carbocycles. The van der Waals surface area contributed by atoms with Crippen molar-refractivity contribution in [1.82, 2.24) is 0 Å². The minimum Gasteiger partial charge on any atom is -0.481 e. The standard InChI is InChI=1S/C14H18O2S/c15-14(16)10-17-13-9-5-4-8-12(13)11-6-2-1-3-7-11/h1-3,6-7,12-13H,4-5,8-10H2,(H,15,16)/t12-,13+/m1/s1. The summed E-state index contributed by atoms with van der Waals surface area (Å²) in [6, 6.07) is 10.5. The van der Waals surface area contributed by atoms with Crippen LogP contribution in [0.1, 0.15) is 37.2 Å². The van der Waals surface area contributed by atoms with Crippen LogP contribution < -0.4 is 0 Å². The van der Waals surface area contributed by atoms with Crippen molar-refractivity contribution in [3.63, 3.8) is 0 Å². The summed E-state index contributed by atoms with van der Waals surface area (Å²) in [6.45, 7) is 0. The molecule has 1 aromatic carbocycles. The highest BCUT2D eigenvalue weighted by atomic mass is 32.2. The molecule has 0 radical (unpaired) electrons. The second kappa shape index (κ2) is 6.10. The Balaban J connectivity index is 2.04. The van der Waals surface area contributed by atoms with Crippen LogP contribution in [-0.2, 0) is 4.79 Å². The van der Waals surface area contributed by atoms with Crippen LogP contribution in [0.15, 0.2) is 30.3 Å². The number of hydrogen-bond donors (Lipinski definition) is 1. The smallest absolute Gasteiger partial charge is 0.313 e. The van der Waals surface area contributed by atoms with Crippen LogP contribution in [0.5, 0.6) is 0 Å². The molecule has 2 rings (SSSR count). The molecule has 0 amide bonds. The maximum Gasteiger partial charge on any atom is 0.313 e. The van der Waals surface area contributed by atoms with Gasteiger partial charge in [-0.05, 0) is 24.3 Å². The predicted molar refractivity (Wildman–Crippen MR) is 71.5 cm³/mol. The second-order valence-electron chi connectivity index (χ2n) is 4.54. The van der Waals surface area contributed by atoms with E-state index in [1.165, 1.54) is 24.8 Å². The highest BCUT2D eigenvalue weighted by molar-refractivity contribution is 8.00. The van der Waals surface area contributed by atoms with Gasteiger partial charge in [0.05, 0.1) is 5.75 Å². The van der Waals surface area contributed by atoms with Gasteiger partial charge < -0.3 is 5.11 Å². The topological polar surface area (TPSA) is 37.3 Å². The van der Waals surface area contributed by atoms with Gasteiger partial charge in [0.1, 0.15) is 0 Å². The molecule has 1 aromatic rings. The summed E-state index contributed by atoms with van der Waals surface area (Å²) < 4.78 is 0. The molecule has 3 heteroatoms. The first-order chi connectivity index (χ1) is 8.27. The van der Waals surface area contributed by atoms with Gasteiger partial charge in [-0.1, -0.05) is 43.2 Å². The molecule has 2 nitrogen and oxygen atoms in total. The fraction of sp³-hybridized carbons (Fsp3) is 0.500. The average molecular weight is 250 g/mol. The Morgan fingerprint density at radius 3 is 2.65 bits per heavy atom. The van der Waals surface area contributed by atoms with Crippen molar-refractivity contribution in [1.29, 1.82) is 0 Å². The van der Waals surface area contributed by atoms with Crippen LogP contribution in [0.25, 0.3) is 0 Å². The lowest BCUT2D eigenvalue weighted by atomic mass is 9.83. The quantitative estimate of drug-likeness (QED) is 0.888. The Morgan fingerprint density at radius 2 is 1.94 bits per heavy atom. The zero-order chi connectivity index (χ0) is 12.1. The number of carboxylic acid groups (broad SMARTS) is 1. The van der Waals surface area contributed by atoms with E-state index in [1.54, 1.807) is 11.8 Å². The number of carbonyl (C=O) groups is 1. The summed E-state index contributed by atoms with van der Waals surface area (Å²) >= 11 is 1.61. The van der Waals surface area contributed by atoms with Crippen LogP contribution >= 0.6 is 11.8 Å². The van der Waals surface area contributed by atoms with Gasteiger partial charge in [-0.25, -0.2) is 0 Å². The zero-order valence-electron chi connectivity index (χ0n) is 9.84. The first kappa shape index (κ1) is 12.5. The summed E-state index contributed by atoms with van der Waals surface area (Å²) in [5.74, 6) is 0.0651. The van der Waals surface area contributed by atoms with E-state index in [2.05, 4.69) is 24.3 Å². The van der Waals surface area contributed by atoms with E-state index >= 15 is 0 Å². The molecule has 0 unspecified atom stereocenters. The summed E-state index contributed by atoms with van der Waals surface area (Å²) in [4.78, 5) is 10.7. The number of aliphatic carboxylic acids is 1. The van der Waals surface area contributed by atoms with Crippen molar-refractivity contribution in [2.75, 3.05) is 5.75 Å². The van der Waals surface area contributed by atoms with Crippen molar-refractivity contribution < 1.29 is 9.90 Å². The van der Waals surface area contributed by atoms with Crippen LogP contribution in [-0.4, -0.2) is 22.1 Å². The van der Waals surface area contributed by atoms with Gasteiger partial charge >= 0.3 is 5.97 Å². The van der Waals surface area contributed by atoms with Crippen molar-refractivity contribution >= 4 is 17.7 Å². The van der Waals surface area contributed by atoms with E-state index in [0.29, 0.717) is 11.2 Å². The highest BCUT2D eigenvalue weighted by Gasteiger charge is 2.27. The minimum absolute atomic E-state index is 0.230. The number of rotatable bonds is 4. The van der Waals surface area contributed by atoms with Crippen molar-refractivity contribution in [3.8, 4) is 0 Å². The van der Waals surface area contributed by atoms with Crippen LogP contribution in [0, 0.1) is 0 Å². The molecule has 1 aliphatic carbocycles. The lowest BCUT2D eigenvalue weighted by Gasteiger charge is -2.31. The van der Waals surface area contributed by atoms with Crippen molar-refractivity contribution in [2.45, 2.75) is 36.9 Å². The van der Waals surface area contributed by atoms with E-state index in [4.69, 9.17) is 5.11 Å². The Morgan fingerprint density at radius 1 is 1.24 bits per heavy atom. The summed E-state index contributed by atoms with van der Waals surface area (Å²) in [6.07, 6.45) is 4.85. The van der Waals surface area contributed by atoms with Gasteiger partial charge in [0.15, 0.2) is 0 Å². The van der Waals surface area contributed by atoms with Gasteiger partial charge in [-0.3, -0.25) is 4.79 Å². The third-order valence-electron chi connectivity index (χ3n) is 3.35. The Bertz CT molecular complexity index is 364. The molecule has 0 saturated heterocycles. The summed E-state index contributed by atoms with van der Waals surface area (Å²) in [7, 11) is 0. The lowest BCUT2D eigenvalue weighted by Crippen LogP contribution is -2.21. The van der Waals surface area contributed by atoms with Gasteiger partial charge in [0, 0.05) is 5.25 Å². The minimum atomic E-state index is -0.701. The maximum atomic E-state index is 10.7. The van der Waals surface area contributed by atoms with E-state index < -0.39 is 5.97 Å². The Labute approximate surface area is 106 Å². The summed E-state index contributed by atoms with van der Waals surface area (Å²) in [5.41, 5.74) is 1.37. The summed E-state index contributed by atoms with van der Waals surface area (Å²) in [5, 5.41) is 9.25. The van der Waals surface area contributed by atoms with Crippen LogP contribution in [0.4, 0.5) is 0 Å². The molecule has 0 bridgehead atoms. The fourth-order valence-electron chi connectivity index (χ4n) is 2.56. The van der Waals surface area contributed by atoms with Crippen molar-refractivity contribution in [3.05, 3.63) is 35.9 Å². The number of benzene rings is 1. The molecule has 1 fully saturated rings. The number of carboxylic acids is 1. The second-order valence-corrected chi connectivity index (χ2v) is 5.77. The zero-order valence-corrected chi connectivity index (χ0v) is 10.7. The molecular formula is C14H18O2S. The third-order valence-corrected chi connectivity index (χ3v) is 4.76. The van der Waals surface area contributed by atoms with Gasteiger partial charge in [-0.15, -0.1) is 11.8 Å². The van der Waals surface area contributed by atoms with Gasteiger partial charge in [-0.2, -0.15) is 0 Å². The Kier molecular flexibility index (Phi) is 4.49. The number of thioether (sulfide) groups is 1. The normalized spacial score (nSPS) is 24.5. The molecule has 17 heavy (non-hydrogen) atoms. The molecule has 0 aliphatic heterocycles. The Hall–Kier alpha value is -0.960. The van der Waals surface area contributed by atoms with E-state index in [9.17, 15) is 4.79 Å². The monoisotopic (exact) mass is 250 g/mol. The predicted octanol–water partition coefficient (Wildman–Crippen LogP) is 3.53. The van der Waals surface area contributed by atoms with E-state index in [-0.39, 0.29) is 5.75 Å². The van der Waals surface area contributed by atoms with E-state index in [1.807, 2.05) is 6.07 Å². The van der Waals surface area contributed by atoms with Crippen LogP contribution in [0.2, 0.25) is 0 Å².